The standard InChI is InChI=1S/C15H18N4O2S/c16-13(20)6-8-19(9-7-14(17)21)15-18-12(10-22-15)11-4-2-1-3-5-11/h1-5,10H,6-9H2,(H2,16,20)(H2,17,21). The number of carbonyl (C=O) groups excluding carboxylic acids is 2. The average molecular weight is 318 g/mol. The predicted octanol–water partition coefficient (Wildman–Crippen LogP) is 1.37. The molecule has 0 spiro atoms. The summed E-state index contributed by atoms with van der Waals surface area (Å²) in [5.74, 6) is -0.771. The predicted molar refractivity (Wildman–Crippen MR) is 87.4 cm³/mol. The lowest BCUT2D eigenvalue weighted by Crippen LogP contribution is -2.31. The molecule has 1 aromatic heterocycles. The van der Waals surface area contributed by atoms with Crippen molar-refractivity contribution in [2.24, 2.45) is 11.5 Å². The van der Waals surface area contributed by atoms with E-state index in [4.69, 9.17) is 11.5 Å². The van der Waals surface area contributed by atoms with Gasteiger partial charge in [0.15, 0.2) is 5.13 Å². The summed E-state index contributed by atoms with van der Waals surface area (Å²) < 4.78 is 0. The number of hydrogen-bond acceptors (Lipinski definition) is 5. The summed E-state index contributed by atoms with van der Waals surface area (Å²) >= 11 is 1.47. The molecular weight excluding hydrogens is 300 g/mol. The van der Waals surface area contributed by atoms with Crippen LogP contribution in [0, 0.1) is 0 Å². The molecule has 4 N–H and O–H groups in total. The summed E-state index contributed by atoms with van der Waals surface area (Å²) in [6.45, 7) is 0.842. The van der Waals surface area contributed by atoms with Crippen LogP contribution in [-0.4, -0.2) is 29.9 Å². The molecular formula is C15H18N4O2S. The summed E-state index contributed by atoms with van der Waals surface area (Å²) in [5, 5.41) is 2.70. The maximum atomic E-state index is 11.0. The Hall–Kier alpha value is -2.41. The van der Waals surface area contributed by atoms with Crippen LogP contribution in [0.2, 0.25) is 0 Å². The summed E-state index contributed by atoms with van der Waals surface area (Å²) in [6.07, 6.45) is 0.415. The first-order valence-electron chi connectivity index (χ1n) is 6.89. The molecule has 6 nitrogen and oxygen atoms in total. The first-order valence-corrected chi connectivity index (χ1v) is 7.76. The third-order valence-corrected chi connectivity index (χ3v) is 3.99. The van der Waals surface area contributed by atoms with Gasteiger partial charge in [-0.3, -0.25) is 9.59 Å². The molecule has 0 atom stereocenters. The number of benzene rings is 1. The second-order valence-corrected chi connectivity index (χ2v) is 5.64. The maximum absolute atomic E-state index is 11.0. The van der Waals surface area contributed by atoms with Gasteiger partial charge in [-0.15, -0.1) is 11.3 Å². The van der Waals surface area contributed by atoms with Gasteiger partial charge in [-0.1, -0.05) is 30.3 Å². The SMILES string of the molecule is NC(=O)CCN(CCC(N)=O)c1nc(-c2ccccc2)cs1. The number of carbonyl (C=O) groups is 2. The van der Waals surface area contributed by atoms with Gasteiger partial charge in [0.25, 0.3) is 0 Å². The summed E-state index contributed by atoms with van der Waals surface area (Å²) in [5.41, 5.74) is 12.3. The zero-order chi connectivity index (χ0) is 15.9. The number of hydrogen-bond donors (Lipinski definition) is 2. The minimum atomic E-state index is -0.385. The van der Waals surface area contributed by atoms with Crippen LogP contribution < -0.4 is 16.4 Å². The van der Waals surface area contributed by atoms with Crippen LogP contribution in [0.1, 0.15) is 12.8 Å². The van der Waals surface area contributed by atoms with Gasteiger partial charge in [0.05, 0.1) is 5.69 Å². The van der Waals surface area contributed by atoms with Crippen molar-refractivity contribution in [3.8, 4) is 11.3 Å². The van der Waals surface area contributed by atoms with Crippen molar-refractivity contribution in [2.45, 2.75) is 12.8 Å². The lowest BCUT2D eigenvalue weighted by atomic mass is 10.2. The molecule has 2 aromatic rings. The fraction of sp³-hybridized carbons (Fsp3) is 0.267. The normalized spacial score (nSPS) is 10.4. The minimum Gasteiger partial charge on any atom is -0.370 e. The highest BCUT2D eigenvalue weighted by molar-refractivity contribution is 7.14. The molecule has 1 heterocycles. The summed E-state index contributed by atoms with van der Waals surface area (Å²) in [7, 11) is 0. The van der Waals surface area contributed by atoms with E-state index >= 15 is 0 Å². The Balaban J connectivity index is 2.14. The molecule has 1 aromatic carbocycles. The van der Waals surface area contributed by atoms with Crippen molar-refractivity contribution in [1.29, 1.82) is 0 Å². The van der Waals surface area contributed by atoms with E-state index in [1.54, 1.807) is 0 Å². The van der Waals surface area contributed by atoms with Crippen molar-refractivity contribution >= 4 is 28.3 Å². The van der Waals surface area contributed by atoms with Crippen LogP contribution in [0.15, 0.2) is 35.7 Å². The third kappa shape index (κ3) is 4.56. The van der Waals surface area contributed by atoms with Gasteiger partial charge in [0.1, 0.15) is 0 Å². The summed E-state index contributed by atoms with van der Waals surface area (Å²) in [6, 6.07) is 9.81. The smallest absolute Gasteiger partial charge is 0.219 e. The van der Waals surface area contributed by atoms with Gasteiger partial charge in [-0.25, -0.2) is 4.98 Å². The third-order valence-electron chi connectivity index (χ3n) is 3.09. The molecule has 0 saturated heterocycles. The van der Waals surface area contributed by atoms with Gasteiger partial charge in [0, 0.05) is 36.9 Å². The molecule has 0 unspecified atom stereocenters. The van der Waals surface area contributed by atoms with E-state index in [1.165, 1.54) is 11.3 Å². The Labute approximate surface area is 132 Å². The van der Waals surface area contributed by atoms with Crippen LogP contribution in [0.25, 0.3) is 11.3 Å². The lowest BCUT2D eigenvalue weighted by molar-refractivity contribution is -0.118. The fourth-order valence-electron chi connectivity index (χ4n) is 1.94. The van der Waals surface area contributed by atoms with E-state index in [2.05, 4.69) is 4.98 Å². The molecule has 0 radical (unpaired) electrons. The number of aromatic nitrogens is 1. The van der Waals surface area contributed by atoms with Crippen LogP contribution >= 0.6 is 11.3 Å². The Kier molecular flexibility index (Phi) is 5.48. The molecule has 116 valence electrons. The fourth-order valence-corrected chi connectivity index (χ4v) is 2.83. The van der Waals surface area contributed by atoms with Crippen LogP contribution in [0.3, 0.4) is 0 Å². The first kappa shape index (κ1) is 16.0. The van der Waals surface area contributed by atoms with Gasteiger partial charge in [-0.2, -0.15) is 0 Å². The molecule has 2 rings (SSSR count). The van der Waals surface area contributed by atoms with E-state index < -0.39 is 0 Å². The molecule has 2 amide bonds. The maximum Gasteiger partial charge on any atom is 0.219 e. The monoisotopic (exact) mass is 318 g/mol. The zero-order valence-corrected chi connectivity index (χ0v) is 12.9. The van der Waals surface area contributed by atoms with Crippen molar-refractivity contribution < 1.29 is 9.59 Å². The number of nitrogens with zero attached hydrogens (tertiary/aromatic N) is 2. The topological polar surface area (TPSA) is 102 Å². The van der Waals surface area contributed by atoms with E-state index in [0.29, 0.717) is 13.1 Å². The number of thiazole rings is 1. The second-order valence-electron chi connectivity index (χ2n) is 4.80. The first-order chi connectivity index (χ1) is 10.6. The lowest BCUT2D eigenvalue weighted by Gasteiger charge is -2.20. The number of primary amides is 2. The van der Waals surface area contributed by atoms with Crippen LogP contribution in [0.4, 0.5) is 5.13 Å². The van der Waals surface area contributed by atoms with E-state index in [9.17, 15) is 9.59 Å². The highest BCUT2D eigenvalue weighted by Gasteiger charge is 2.14. The number of anilines is 1. The quantitative estimate of drug-likeness (QED) is 0.767. The number of nitrogens with two attached hydrogens (primary N) is 2. The Morgan fingerprint density at radius 3 is 2.18 bits per heavy atom. The van der Waals surface area contributed by atoms with Crippen LogP contribution in [0.5, 0.6) is 0 Å². The highest BCUT2D eigenvalue weighted by Crippen LogP contribution is 2.27. The van der Waals surface area contributed by atoms with E-state index in [-0.39, 0.29) is 24.7 Å². The molecule has 0 aliphatic rings. The molecule has 7 heteroatoms. The average Bonchev–Trinajstić information content (AvgIpc) is 2.97. The van der Waals surface area contributed by atoms with Gasteiger partial charge < -0.3 is 16.4 Å². The summed E-state index contributed by atoms with van der Waals surface area (Å²) in [4.78, 5) is 28.4. The van der Waals surface area contributed by atoms with Crippen molar-refractivity contribution in [1.82, 2.24) is 4.98 Å². The van der Waals surface area contributed by atoms with Crippen LogP contribution in [-0.2, 0) is 9.59 Å². The minimum absolute atomic E-state index is 0.207. The number of amides is 2. The molecule has 0 aliphatic heterocycles. The number of rotatable bonds is 8. The Morgan fingerprint density at radius 2 is 1.64 bits per heavy atom. The molecule has 0 bridgehead atoms. The van der Waals surface area contributed by atoms with E-state index in [1.807, 2.05) is 40.6 Å². The van der Waals surface area contributed by atoms with E-state index in [0.717, 1.165) is 16.4 Å². The second kappa shape index (κ2) is 7.56. The molecule has 22 heavy (non-hydrogen) atoms. The zero-order valence-electron chi connectivity index (χ0n) is 12.1. The highest BCUT2D eigenvalue weighted by atomic mass is 32.1. The van der Waals surface area contributed by atoms with Gasteiger partial charge in [0.2, 0.25) is 11.8 Å². The van der Waals surface area contributed by atoms with Crippen molar-refractivity contribution in [3.63, 3.8) is 0 Å². The molecule has 0 fully saturated rings. The van der Waals surface area contributed by atoms with Gasteiger partial charge >= 0.3 is 0 Å². The van der Waals surface area contributed by atoms with Crippen molar-refractivity contribution in [2.75, 3.05) is 18.0 Å². The Morgan fingerprint density at radius 1 is 1.05 bits per heavy atom. The van der Waals surface area contributed by atoms with Crippen molar-refractivity contribution in [3.05, 3.63) is 35.7 Å². The van der Waals surface area contributed by atoms with Gasteiger partial charge in [-0.05, 0) is 0 Å². The Bertz CT molecular complexity index is 624. The molecule has 0 saturated carbocycles. The molecule has 0 aliphatic carbocycles. The largest absolute Gasteiger partial charge is 0.370 e.